The van der Waals surface area contributed by atoms with Crippen LogP contribution in [0.4, 0.5) is 0 Å². The molecule has 0 bridgehead atoms. The molecule has 0 unspecified atom stereocenters. The predicted molar refractivity (Wildman–Crippen MR) is 54.9 cm³/mol. The molecular formula is C10H15ClO3. The lowest BCUT2D eigenvalue weighted by Gasteiger charge is -2.17. The van der Waals surface area contributed by atoms with Gasteiger partial charge in [-0.1, -0.05) is 0 Å². The van der Waals surface area contributed by atoms with E-state index in [1.165, 1.54) is 0 Å². The Morgan fingerprint density at radius 3 is 1.86 bits per heavy atom. The van der Waals surface area contributed by atoms with Crippen LogP contribution in [-0.2, 0) is 14.3 Å². The Balaban J connectivity index is 4.26. The van der Waals surface area contributed by atoms with E-state index in [2.05, 4.69) is 11.8 Å². The molecule has 0 radical (unpaired) electrons. The molecule has 0 N–H and O–H groups in total. The van der Waals surface area contributed by atoms with Crippen LogP contribution in [-0.4, -0.2) is 23.7 Å². The molecule has 0 aromatic carbocycles. The van der Waals surface area contributed by atoms with Crippen LogP contribution >= 0.6 is 11.6 Å². The minimum Gasteiger partial charge on any atom is -0.339 e. The second-order valence-electron chi connectivity index (χ2n) is 3.24. The van der Waals surface area contributed by atoms with Gasteiger partial charge in [-0.3, -0.25) is 4.79 Å². The Hall–Kier alpha value is -0.560. The maximum absolute atomic E-state index is 10.4. The normalized spacial score (nSPS) is 10.6. The van der Waals surface area contributed by atoms with Gasteiger partial charge in [0.1, 0.15) is 0 Å². The van der Waals surface area contributed by atoms with Crippen molar-refractivity contribution in [2.24, 2.45) is 0 Å². The van der Waals surface area contributed by atoms with E-state index in [-0.39, 0.29) is 12.2 Å². The van der Waals surface area contributed by atoms with Gasteiger partial charge < -0.3 is 9.47 Å². The Bertz CT molecular complexity index is 227. The zero-order chi connectivity index (χ0) is 11.1. The third kappa shape index (κ3) is 8.06. The number of carbonyl (C=O) groups is 1. The molecular weight excluding hydrogens is 204 g/mol. The highest BCUT2D eigenvalue weighted by atomic mass is 35.5. The van der Waals surface area contributed by atoms with Gasteiger partial charge in [0, 0.05) is 0 Å². The Kier molecular flexibility index (Phi) is 6.56. The molecule has 0 atom stereocenters. The summed E-state index contributed by atoms with van der Waals surface area (Å²) in [6.45, 7) is 7.45. The molecule has 0 aromatic heterocycles. The smallest absolute Gasteiger partial charge is 0.296 e. The standard InChI is InChI=1S/C10H15ClO3/c1-7(2)13-10(14-8(3)4)6-5-9(11)12/h7-8,10H,1-4H3. The van der Waals surface area contributed by atoms with Crippen molar-refractivity contribution < 1.29 is 14.3 Å². The summed E-state index contributed by atoms with van der Waals surface area (Å²) < 4.78 is 10.6. The molecule has 4 heteroatoms. The van der Waals surface area contributed by atoms with E-state index in [0.717, 1.165) is 0 Å². The summed E-state index contributed by atoms with van der Waals surface area (Å²) in [5.41, 5.74) is 0. The van der Waals surface area contributed by atoms with Crippen molar-refractivity contribution in [1.82, 2.24) is 0 Å². The van der Waals surface area contributed by atoms with Gasteiger partial charge >= 0.3 is 0 Å². The van der Waals surface area contributed by atoms with Crippen molar-refractivity contribution >= 4 is 16.8 Å². The molecule has 80 valence electrons. The summed E-state index contributed by atoms with van der Waals surface area (Å²) in [5, 5.41) is -0.713. The molecule has 0 aliphatic rings. The van der Waals surface area contributed by atoms with Gasteiger partial charge in [0.2, 0.25) is 6.29 Å². The second-order valence-corrected chi connectivity index (χ2v) is 3.59. The van der Waals surface area contributed by atoms with Gasteiger partial charge in [-0.2, -0.15) is 0 Å². The van der Waals surface area contributed by atoms with E-state index in [1.807, 2.05) is 27.7 Å². The van der Waals surface area contributed by atoms with Gasteiger partial charge in [-0.05, 0) is 51.1 Å². The Morgan fingerprint density at radius 2 is 1.57 bits per heavy atom. The fourth-order valence-electron chi connectivity index (χ4n) is 0.710. The number of rotatable bonds is 4. The van der Waals surface area contributed by atoms with Crippen molar-refractivity contribution in [3.8, 4) is 11.8 Å². The van der Waals surface area contributed by atoms with Crippen LogP contribution in [0.1, 0.15) is 27.7 Å². The van der Waals surface area contributed by atoms with Crippen LogP contribution < -0.4 is 0 Å². The minimum absolute atomic E-state index is 0.0153. The van der Waals surface area contributed by atoms with E-state index < -0.39 is 11.5 Å². The molecule has 0 spiro atoms. The molecule has 0 aliphatic heterocycles. The van der Waals surface area contributed by atoms with Crippen LogP contribution in [0.2, 0.25) is 0 Å². The van der Waals surface area contributed by atoms with Crippen LogP contribution in [0.15, 0.2) is 0 Å². The first-order chi connectivity index (χ1) is 6.41. The monoisotopic (exact) mass is 218 g/mol. The van der Waals surface area contributed by atoms with Gasteiger partial charge in [-0.25, -0.2) is 0 Å². The molecule has 0 heterocycles. The highest BCUT2D eigenvalue weighted by molar-refractivity contribution is 6.68. The first kappa shape index (κ1) is 13.4. The number of hydrogen-bond donors (Lipinski definition) is 0. The predicted octanol–water partition coefficient (Wildman–Crippen LogP) is 1.93. The molecule has 0 aliphatic carbocycles. The molecule has 0 aromatic rings. The average Bonchev–Trinajstić information content (AvgIpc) is 1.97. The molecule has 14 heavy (non-hydrogen) atoms. The first-order valence-corrected chi connectivity index (χ1v) is 4.81. The summed E-state index contributed by atoms with van der Waals surface area (Å²) in [6, 6.07) is 0. The lowest BCUT2D eigenvalue weighted by Crippen LogP contribution is -2.23. The van der Waals surface area contributed by atoms with Gasteiger partial charge in [-0.15, -0.1) is 0 Å². The summed E-state index contributed by atoms with van der Waals surface area (Å²) in [4.78, 5) is 10.4. The lowest BCUT2D eigenvalue weighted by atomic mass is 10.4. The number of halogens is 1. The molecule has 0 saturated carbocycles. The fraction of sp³-hybridized carbons (Fsp3) is 0.700. The van der Waals surface area contributed by atoms with Crippen LogP contribution in [0, 0.1) is 11.8 Å². The highest BCUT2D eigenvalue weighted by Crippen LogP contribution is 2.02. The van der Waals surface area contributed by atoms with Crippen molar-refractivity contribution in [3.05, 3.63) is 0 Å². The zero-order valence-electron chi connectivity index (χ0n) is 8.83. The van der Waals surface area contributed by atoms with Gasteiger partial charge in [0.25, 0.3) is 5.24 Å². The highest BCUT2D eigenvalue weighted by Gasteiger charge is 2.10. The largest absolute Gasteiger partial charge is 0.339 e. The van der Waals surface area contributed by atoms with Crippen molar-refractivity contribution in [3.63, 3.8) is 0 Å². The SMILES string of the molecule is CC(C)OC(C#CC(=O)Cl)OC(C)C. The van der Waals surface area contributed by atoms with Crippen molar-refractivity contribution in [1.29, 1.82) is 0 Å². The van der Waals surface area contributed by atoms with E-state index in [4.69, 9.17) is 21.1 Å². The maximum Gasteiger partial charge on any atom is 0.296 e. The third-order valence-electron chi connectivity index (χ3n) is 1.08. The van der Waals surface area contributed by atoms with Crippen LogP contribution in [0.5, 0.6) is 0 Å². The van der Waals surface area contributed by atoms with Crippen LogP contribution in [0.3, 0.4) is 0 Å². The van der Waals surface area contributed by atoms with Gasteiger partial charge in [0.05, 0.1) is 12.2 Å². The third-order valence-corrected chi connectivity index (χ3v) is 1.17. The van der Waals surface area contributed by atoms with E-state index >= 15 is 0 Å². The Morgan fingerprint density at radius 1 is 1.14 bits per heavy atom. The van der Waals surface area contributed by atoms with Gasteiger partial charge in [0.15, 0.2) is 0 Å². The minimum atomic E-state index is -0.713. The molecule has 0 saturated heterocycles. The summed E-state index contributed by atoms with van der Waals surface area (Å²) in [7, 11) is 0. The van der Waals surface area contributed by atoms with E-state index in [9.17, 15) is 4.79 Å². The number of hydrogen-bond acceptors (Lipinski definition) is 3. The van der Waals surface area contributed by atoms with Crippen molar-refractivity contribution in [2.75, 3.05) is 0 Å². The summed E-state index contributed by atoms with van der Waals surface area (Å²) in [6.07, 6.45) is -0.727. The average molecular weight is 219 g/mol. The second kappa shape index (κ2) is 6.83. The lowest BCUT2D eigenvalue weighted by molar-refractivity contribution is -0.147. The quantitative estimate of drug-likeness (QED) is 0.411. The maximum atomic E-state index is 10.4. The Labute approximate surface area is 89.7 Å². The molecule has 3 nitrogen and oxygen atoms in total. The fourth-order valence-corrected chi connectivity index (χ4v) is 0.765. The van der Waals surface area contributed by atoms with Crippen LogP contribution in [0.25, 0.3) is 0 Å². The number of ether oxygens (including phenoxy) is 2. The number of carbonyl (C=O) groups excluding carboxylic acids is 1. The van der Waals surface area contributed by atoms with E-state index in [1.54, 1.807) is 0 Å². The summed E-state index contributed by atoms with van der Waals surface area (Å²) >= 11 is 5.07. The van der Waals surface area contributed by atoms with E-state index in [0.29, 0.717) is 0 Å². The first-order valence-electron chi connectivity index (χ1n) is 4.43. The molecule has 0 amide bonds. The molecule has 0 fully saturated rings. The van der Waals surface area contributed by atoms with Crippen molar-refractivity contribution in [2.45, 2.75) is 46.2 Å². The topological polar surface area (TPSA) is 35.5 Å². The zero-order valence-corrected chi connectivity index (χ0v) is 9.59. The summed E-state index contributed by atoms with van der Waals surface area (Å²) in [5.74, 6) is 4.69. The molecule has 0 rings (SSSR count).